The van der Waals surface area contributed by atoms with Gasteiger partial charge in [-0.3, -0.25) is 4.79 Å². The van der Waals surface area contributed by atoms with Gasteiger partial charge in [0, 0.05) is 6.54 Å². The van der Waals surface area contributed by atoms with E-state index in [4.69, 9.17) is 4.43 Å². The average Bonchev–Trinajstić information content (AvgIpc) is 3.29. The maximum atomic E-state index is 12.8. The number of benzene rings is 1. The molecule has 1 aromatic carbocycles. The number of hydrogen-bond acceptors (Lipinski definition) is 5. The number of carbonyl (C=O) groups is 1. The number of thiazole rings is 1. The van der Waals surface area contributed by atoms with E-state index in [2.05, 4.69) is 73.7 Å². The van der Waals surface area contributed by atoms with Crippen LogP contribution in [0, 0.1) is 6.92 Å². The number of nitrogens with zero attached hydrogens (tertiary/aromatic N) is 1. The molecule has 1 saturated heterocycles. The predicted octanol–water partition coefficient (Wildman–Crippen LogP) is 5.05. The average molecular weight is 446 g/mol. The van der Waals surface area contributed by atoms with Crippen LogP contribution in [0.4, 0.5) is 0 Å². The molecule has 1 fully saturated rings. The molecule has 164 valence electrons. The van der Waals surface area contributed by atoms with Crippen LogP contribution in [0.3, 0.4) is 0 Å². The van der Waals surface area contributed by atoms with Crippen molar-refractivity contribution >= 4 is 25.6 Å². The van der Waals surface area contributed by atoms with Crippen molar-refractivity contribution in [2.75, 3.05) is 6.54 Å². The highest BCUT2D eigenvalue weighted by atomic mass is 32.1. The Bertz CT molecular complexity index is 873. The van der Waals surface area contributed by atoms with Gasteiger partial charge in [0.25, 0.3) is 0 Å². The minimum absolute atomic E-state index is 0.0451. The molecule has 1 aromatic heterocycles. The maximum Gasteiger partial charge on any atom is 0.237 e. The molecule has 3 rings (SSSR count). The molecule has 0 bridgehead atoms. The molecule has 3 atom stereocenters. The molecule has 2 heterocycles. The molecule has 0 saturated carbocycles. The van der Waals surface area contributed by atoms with Gasteiger partial charge in [0.2, 0.25) is 5.91 Å². The van der Waals surface area contributed by atoms with Crippen LogP contribution in [0.2, 0.25) is 18.1 Å². The van der Waals surface area contributed by atoms with Gasteiger partial charge in [0.1, 0.15) is 0 Å². The van der Waals surface area contributed by atoms with Crippen LogP contribution in [0.15, 0.2) is 29.8 Å². The summed E-state index contributed by atoms with van der Waals surface area (Å²) in [5.41, 5.74) is 5.19. The molecule has 30 heavy (non-hydrogen) atoms. The van der Waals surface area contributed by atoms with Gasteiger partial charge < -0.3 is 15.1 Å². The van der Waals surface area contributed by atoms with Gasteiger partial charge in [-0.2, -0.15) is 0 Å². The molecule has 0 radical (unpaired) electrons. The van der Waals surface area contributed by atoms with Gasteiger partial charge >= 0.3 is 0 Å². The second-order valence-corrected chi connectivity index (χ2v) is 15.4. The standard InChI is InChI=1S/C23H35N3O2SSi/c1-15(17-8-10-18(11-9-17)21-16(2)25-14-29-21)26-22(27)20-12-19(13-24-20)28-30(6,7)23(3,4)5/h8-11,14-15,19-20,24H,12-13H2,1-7H3,(H,26,27)/t15-,19+,20-/m0/s1. The van der Waals surface area contributed by atoms with Crippen LogP contribution in [-0.2, 0) is 9.22 Å². The Hall–Kier alpha value is -1.54. The summed E-state index contributed by atoms with van der Waals surface area (Å²) in [7, 11) is -1.83. The normalized spacial score (nSPS) is 20.9. The number of hydrogen-bond donors (Lipinski definition) is 2. The van der Waals surface area contributed by atoms with Gasteiger partial charge in [-0.05, 0) is 49.5 Å². The number of aryl methyl sites for hydroxylation is 1. The summed E-state index contributed by atoms with van der Waals surface area (Å²) in [5, 5.41) is 6.69. The lowest BCUT2D eigenvalue weighted by Crippen LogP contribution is -2.44. The maximum absolute atomic E-state index is 12.8. The fraction of sp³-hybridized carbons (Fsp3) is 0.565. The minimum atomic E-state index is -1.83. The lowest BCUT2D eigenvalue weighted by Gasteiger charge is -2.38. The number of carbonyl (C=O) groups excluding carboxylic acids is 1. The highest BCUT2D eigenvalue weighted by Gasteiger charge is 2.41. The van der Waals surface area contributed by atoms with Gasteiger partial charge in [0.15, 0.2) is 8.32 Å². The van der Waals surface area contributed by atoms with E-state index in [1.54, 1.807) is 11.3 Å². The molecule has 0 spiro atoms. The monoisotopic (exact) mass is 445 g/mol. The molecule has 5 nitrogen and oxygen atoms in total. The fourth-order valence-corrected chi connectivity index (χ4v) is 5.66. The molecule has 2 N–H and O–H groups in total. The van der Waals surface area contributed by atoms with E-state index in [1.807, 2.05) is 19.4 Å². The Kier molecular flexibility index (Phi) is 6.86. The van der Waals surface area contributed by atoms with E-state index < -0.39 is 8.32 Å². The molecule has 0 unspecified atom stereocenters. The van der Waals surface area contributed by atoms with Gasteiger partial charge in [-0.1, -0.05) is 45.0 Å². The molecule has 2 aromatic rings. The van der Waals surface area contributed by atoms with Gasteiger partial charge in [-0.25, -0.2) is 4.98 Å². The second-order valence-electron chi connectivity index (χ2n) is 9.82. The van der Waals surface area contributed by atoms with Crippen molar-refractivity contribution in [1.82, 2.24) is 15.6 Å². The summed E-state index contributed by atoms with van der Waals surface area (Å²) in [6.07, 6.45) is 0.841. The third kappa shape index (κ3) is 5.19. The van der Waals surface area contributed by atoms with Crippen LogP contribution in [0.5, 0.6) is 0 Å². The van der Waals surface area contributed by atoms with Crippen molar-refractivity contribution in [3.8, 4) is 10.4 Å². The molecule has 1 aliphatic heterocycles. The van der Waals surface area contributed by atoms with E-state index in [9.17, 15) is 4.79 Å². The Morgan fingerprint density at radius 2 is 1.97 bits per heavy atom. The topological polar surface area (TPSA) is 63.2 Å². The van der Waals surface area contributed by atoms with Crippen molar-refractivity contribution < 1.29 is 9.22 Å². The summed E-state index contributed by atoms with van der Waals surface area (Å²) in [6, 6.07) is 8.15. The Morgan fingerprint density at radius 1 is 1.30 bits per heavy atom. The number of amides is 1. The molecular weight excluding hydrogens is 410 g/mol. The second kappa shape index (κ2) is 8.90. The Morgan fingerprint density at radius 3 is 2.53 bits per heavy atom. The van der Waals surface area contributed by atoms with E-state index in [1.165, 1.54) is 10.4 Å². The largest absolute Gasteiger partial charge is 0.413 e. The van der Waals surface area contributed by atoms with E-state index in [-0.39, 0.29) is 29.1 Å². The first kappa shape index (κ1) is 23.1. The molecule has 1 aliphatic rings. The summed E-state index contributed by atoms with van der Waals surface area (Å²) >= 11 is 1.65. The molecule has 1 amide bonds. The molecular formula is C23H35N3O2SSi. The number of nitrogens with one attached hydrogen (secondary N) is 2. The first-order valence-electron chi connectivity index (χ1n) is 10.7. The zero-order valence-corrected chi connectivity index (χ0v) is 21.0. The van der Waals surface area contributed by atoms with Crippen molar-refractivity contribution in [2.45, 2.75) is 77.4 Å². The van der Waals surface area contributed by atoms with Gasteiger partial charge in [-0.15, -0.1) is 11.3 Å². The van der Waals surface area contributed by atoms with Crippen molar-refractivity contribution in [3.63, 3.8) is 0 Å². The lowest BCUT2D eigenvalue weighted by molar-refractivity contribution is -0.123. The van der Waals surface area contributed by atoms with Crippen molar-refractivity contribution in [3.05, 3.63) is 41.0 Å². The van der Waals surface area contributed by atoms with E-state index >= 15 is 0 Å². The predicted molar refractivity (Wildman–Crippen MR) is 127 cm³/mol. The molecule has 0 aliphatic carbocycles. The minimum Gasteiger partial charge on any atom is -0.413 e. The first-order chi connectivity index (χ1) is 14.0. The zero-order chi connectivity index (χ0) is 22.1. The SMILES string of the molecule is Cc1ncsc1-c1ccc([C@H](C)NC(=O)[C@@H]2C[C@@H](O[Si](C)(C)C(C)(C)C)CN2)cc1. The third-order valence-electron chi connectivity index (χ3n) is 6.45. The Balaban J connectivity index is 1.55. The highest BCUT2D eigenvalue weighted by Crippen LogP contribution is 2.38. The fourth-order valence-electron chi connectivity index (χ4n) is 3.49. The zero-order valence-electron chi connectivity index (χ0n) is 19.2. The van der Waals surface area contributed by atoms with Gasteiger partial charge in [0.05, 0.1) is 34.3 Å². The first-order valence-corrected chi connectivity index (χ1v) is 14.5. The highest BCUT2D eigenvalue weighted by molar-refractivity contribution is 7.13. The summed E-state index contributed by atoms with van der Waals surface area (Å²) in [4.78, 5) is 18.3. The Labute approximate surface area is 185 Å². The number of rotatable bonds is 6. The smallest absolute Gasteiger partial charge is 0.237 e. The van der Waals surface area contributed by atoms with Crippen molar-refractivity contribution in [2.24, 2.45) is 0 Å². The van der Waals surface area contributed by atoms with E-state index in [0.717, 1.165) is 24.2 Å². The summed E-state index contributed by atoms with van der Waals surface area (Å²) < 4.78 is 6.48. The van der Waals surface area contributed by atoms with Crippen LogP contribution >= 0.6 is 11.3 Å². The number of aromatic nitrogens is 1. The lowest BCUT2D eigenvalue weighted by atomic mass is 10.0. The van der Waals surface area contributed by atoms with Crippen LogP contribution in [-0.4, -0.2) is 37.9 Å². The van der Waals surface area contributed by atoms with Crippen LogP contribution in [0.1, 0.15) is 51.4 Å². The van der Waals surface area contributed by atoms with Crippen LogP contribution < -0.4 is 10.6 Å². The van der Waals surface area contributed by atoms with Crippen LogP contribution in [0.25, 0.3) is 10.4 Å². The molecule has 7 heteroatoms. The summed E-state index contributed by atoms with van der Waals surface area (Å²) in [5.74, 6) is 0.0474. The summed E-state index contributed by atoms with van der Waals surface area (Å²) in [6.45, 7) is 16.1. The quantitative estimate of drug-likeness (QED) is 0.611. The van der Waals surface area contributed by atoms with Crippen molar-refractivity contribution in [1.29, 1.82) is 0 Å². The van der Waals surface area contributed by atoms with E-state index in [0.29, 0.717) is 0 Å². The third-order valence-corrected chi connectivity index (χ3v) is 12.0.